The molecule has 1 saturated heterocycles. The molecule has 0 spiro atoms. The minimum atomic E-state index is -0.450. The van der Waals surface area contributed by atoms with Gasteiger partial charge in [-0.25, -0.2) is 0 Å². The molecule has 5 nitrogen and oxygen atoms in total. The number of piperidine rings is 1. The van der Waals surface area contributed by atoms with E-state index in [9.17, 15) is 4.79 Å². The Morgan fingerprint density at radius 3 is 2.74 bits per heavy atom. The molecule has 1 aromatic rings. The van der Waals surface area contributed by atoms with Gasteiger partial charge in [-0.1, -0.05) is 12.1 Å². The van der Waals surface area contributed by atoms with Gasteiger partial charge < -0.3 is 20.7 Å². The van der Waals surface area contributed by atoms with Crippen LogP contribution in [-0.4, -0.2) is 37.2 Å². The number of nitrogens with zero attached hydrogens (tertiary/aromatic N) is 1. The molecule has 0 aromatic heterocycles. The molecule has 3 N–H and O–H groups in total. The van der Waals surface area contributed by atoms with Crippen LogP contribution in [0.3, 0.4) is 0 Å². The Kier molecular flexibility index (Phi) is 4.67. The number of nitrogens with one attached hydrogen (secondary N) is 1. The second kappa shape index (κ2) is 6.87. The van der Waals surface area contributed by atoms with Crippen LogP contribution in [0.2, 0.25) is 0 Å². The Labute approximate surface area is 136 Å². The summed E-state index contributed by atoms with van der Waals surface area (Å²) in [6, 6.07) is 8.31. The van der Waals surface area contributed by atoms with E-state index in [-0.39, 0.29) is 6.23 Å². The van der Waals surface area contributed by atoms with Crippen molar-refractivity contribution in [2.75, 3.05) is 20.1 Å². The van der Waals surface area contributed by atoms with Gasteiger partial charge in [0.25, 0.3) is 0 Å². The average molecular weight is 313 g/mol. The molecule has 122 valence electrons. The number of likely N-dealkylation sites (N-methyl/N-ethyl adjacent to an activating group) is 1. The summed E-state index contributed by atoms with van der Waals surface area (Å²) in [4.78, 5) is 13.4. The van der Waals surface area contributed by atoms with Gasteiger partial charge in [0.2, 0.25) is 5.91 Å². The van der Waals surface area contributed by atoms with E-state index in [1.807, 2.05) is 12.1 Å². The molecular formula is C18H23N3O2. The van der Waals surface area contributed by atoms with Gasteiger partial charge >= 0.3 is 0 Å². The van der Waals surface area contributed by atoms with Gasteiger partial charge in [-0.05, 0) is 62.2 Å². The van der Waals surface area contributed by atoms with Crippen molar-refractivity contribution >= 4 is 5.91 Å². The van der Waals surface area contributed by atoms with Crippen molar-refractivity contribution in [3.8, 4) is 5.75 Å². The Bertz CT molecular complexity index is 622. The lowest BCUT2D eigenvalue weighted by molar-refractivity contribution is -0.114. The Morgan fingerprint density at radius 1 is 1.35 bits per heavy atom. The van der Waals surface area contributed by atoms with Crippen molar-refractivity contribution in [1.29, 1.82) is 0 Å². The SMILES string of the molecule is CN1CCCC(c2ccc(OC3C=CC(C(N)=O)=CN3)cc2)C1. The molecule has 23 heavy (non-hydrogen) atoms. The molecule has 0 bridgehead atoms. The first-order valence-electron chi connectivity index (χ1n) is 8.01. The van der Waals surface area contributed by atoms with E-state index in [1.54, 1.807) is 18.4 Å². The highest BCUT2D eigenvalue weighted by Crippen LogP contribution is 2.27. The maximum atomic E-state index is 11.0. The summed E-state index contributed by atoms with van der Waals surface area (Å²) in [6.07, 6.45) is 7.26. The largest absolute Gasteiger partial charge is 0.467 e. The number of amides is 1. The van der Waals surface area contributed by atoms with Crippen LogP contribution in [0.15, 0.2) is 48.2 Å². The zero-order chi connectivity index (χ0) is 16.2. The summed E-state index contributed by atoms with van der Waals surface area (Å²) in [5.74, 6) is 0.960. The molecule has 2 heterocycles. The van der Waals surface area contributed by atoms with Crippen LogP contribution in [0, 0.1) is 0 Å². The maximum Gasteiger partial charge on any atom is 0.250 e. The van der Waals surface area contributed by atoms with Crippen LogP contribution in [-0.2, 0) is 4.79 Å². The highest BCUT2D eigenvalue weighted by molar-refractivity contribution is 5.94. The number of benzene rings is 1. The second-order valence-corrected chi connectivity index (χ2v) is 6.20. The predicted molar refractivity (Wildman–Crippen MR) is 89.9 cm³/mol. The van der Waals surface area contributed by atoms with Gasteiger partial charge in [0.1, 0.15) is 5.75 Å². The first kappa shape index (κ1) is 15.6. The van der Waals surface area contributed by atoms with Crippen LogP contribution in [0.4, 0.5) is 0 Å². The van der Waals surface area contributed by atoms with Crippen LogP contribution in [0.1, 0.15) is 24.3 Å². The highest BCUT2D eigenvalue weighted by Gasteiger charge is 2.19. The molecule has 2 aliphatic rings. The fourth-order valence-corrected chi connectivity index (χ4v) is 3.10. The number of rotatable bonds is 4. The summed E-state index contributed by atoms with van der Waals surface area (Å²) in [7, 11) is 2.18. The quantitative estimate of drug-likeness (QED) is 0.888. The van der Waals surface area contributed by atoms with Gasteiger partial charge in [0.15, 0.2) is 6.23 Å². The third kappa shape index (κ3) is 3.93. The van der Waals surface area contributed by atoms with E-state index in [0.29, 0.717) is 11.5 Å². The van der Waals surface area contributed by atoms with Crippen LogP contribution in [0.5, 0.6) is 5.75 Å². The molecule has 5 heteroatoms. The molecule has 1 fully saturated rings. The van der Waals surface area contributed by atoms with E-state index in [1.165, 1.54) is 24.9 Å². The fourth-order valence-electron chi connectivity index (χ4n) is 3.10. The van der Waals surface area contributed by atoms with Crippen molar-refractivity contribution in [3.63, 3.8) is 0 Å². The first-order valence-corrected chi connectivity index (χ1v) is 8.01. The monoisotopic (exact) mass is 313 g/mol. The van der Waals surface area contributed by atoms with Crippen LogP contribution in [0.25, 0.3) is 0 Å². The van der Waals surface area contributed by atoms with E-state index in [0.717, 1.165) is 12.3 Å². The molecule has 0 radical (unpaired) electrons. The lowest BCUT2D eigenvalue weighted by atomic mass is 9.91. The van der Waals surface area contributed by atoms with Crippen LogP contribution < -0.4 is 15.8 Å². The lowest BCUT2D eigenvalue weighted by Gasteiger charge is -2.30. The van der Waals surface area contributed by atoms with E-state index in [2.05, 4.69) is 29.4 Å². The third-order valence-electron chi connectivity index (χ3n) is 4.38. The number of nitrogens with two attached hydrogens (primary N) is 1. The minimum Gasteiger partial charge on any atom is -0.467 e. The standard InChI is InChI=1S/C18H23N3O2/c1-21-10-2-3-15(12-21)13-4-7-16(8-5-13)23-17-9-6-14(11-20-17)18(19)22/h4-9,11,15,17,20H,2-3,10,12H2,1H3,(H2,19,22). The molecule has 3 rings (SSSR count). The molecule has 0 aliphatic carbocycles. The summed E-state index contributed by atoms with van der Waals surface area (Å²) in [5, 5.41) is 3.00. The van der Waals surface area contributed by atoms with Gasteiger partial charge in [-0.2, -0.15) is 0 Å². The molecule has 2 unspecified atom stereocenters. The van der Waals surface area contributed by atoms with Gasteiger partial charge in [-0.3, -0.25) is 4.79 Å². The molecular weight excluding hydrogens is 290 g/mol. The van der Waals surface area contributed by atoms with E-state index >= 15 is 0 Å². The van der Waals surface area contributed by atoms with Crippen molar-refractivity contribution in [1.82, 2.24) is 10.2 Å². The zero-order valence-corrected chi connectivity index (χ0v) is 13.4. The van der Waals surface area contributed by atoms with Gasteiger partial charge in [0.05, 0.1) is 5.57 Å². The Morgan fingerprint density at radius 2 is 2.13 bits per heavy atom. The number of likely N-dealkylation sites (tertiary alicyclic amines) is 1. The maximum absolute atomic E-state index is 11.0. The number of carbonyl (C=O) groups excluding carboxylic acids is 1. The Hall–Kier alpha value is -2.27. The summed E-state index contributed by atoms with van der Waals surface area (Å²) in [6.45, 7) is 2.31. The Balaban J connectivity index is 1.58. The topological polar surface area (TPSA) is 67.6 Å². The normalized spacial score (nSPS) is 24.7. The van der Waals surface area contributed by atoms with Crippen molar-refractivity contribution in [2.45, 2.75) is 25.0 Å². The smallest absolute Gasteiger partial charge is 0.250 e. The number of ether oxygens (including phenoxy) is 1. The lowest BCUT2D eigenvalue weighted by Crippen LogP contribution is -2.32. The van der Waals surface area contributed by atoms with Crippen molar-refractivity contribution in [2.24, 2.45) is 5.73 Å². The van der Waals surface area contributed by atoms with Gasteiger partial charge in [-0.15, -0.1) is 0 Å². The van der Waals surface area contributed by atoms with Crippen molar-refractivity contribution < 1.29 is 9.53 Å². The highest BCUT2D eigenvalue weighted by atomic mass is 16.5. The number of hydrogen-bond acceptors (Lipinski definition) is 4. The molecule has 1 amide bonds. The number of carbonyl (C=O) groups is 1. The van der Waals surface area contributed by atoms with Crippen molar-refractivity contribution in [3.05, 3.63) is 53.8 Å². The fraction of sp³-hybridized carbons (Fsp3) is 0.389. The first-order chi connectivity index (χ1) is 11.1. The van der Waals surface area contributed by atoms with E-state index in [4.69, 9.17) is 10.5 Å². The van der Waals surface area contributed by atoms with Gasteiger partial charge in [0, 0.05) is 12.7 Å². The summed E-state index contributed by atoms with van der Waals surface area (Å²) >= 11 is 0. The second-order valence-electron chi connectivity index (χ2n) is 6.20. The zero-order valence-electron chi connectivity index (χ0n) is 13.4. The molecule has 1 aromatic carbocycles. The number of primary amides is 1. The summed E-state index contributed by atoms with van der Waals surface area (Å²) in [5.41, 5.74) is 7.03. The number of hydrogen-bond donors (Lipinski definition) is 2. The molecule has 2 aliphatic heterocycles. The van der Waals surface area contributed by atoms with E-state index < -0.39 is 5.91 Å². The predicted octanol–water partition coefficient (Wildman–Crippen LogP) is 1.73. The average Bonchev–Trinajstić information content (AvgIpc) is 2.56. The molecule has 2 atom stereocenters. The third-order valence-corrected chi connectivity index (χ3v) is 4.38. The number of dihydropyridines is 1. The minimum absolute atomic E-state index is 0.287. The van der Waals surface area contributed by atoms with Crippen LogP contribution >= 0.6 is 0 Å². The molecule has 0 saturated carbocycles. The summed E-state index contributed by atoms with van der Waals surface area (Å²) < 4.78 is 5.84.